The molecule has 2 aliphatic rings. The number of hydrogen-bond acceptors (Lipinski definition) is 6. The van der Waals surface area contributed by atoms with Gasteiger partial charge in [0.05, 0.1) is 18.1 Å². The van der Waals surface area contributed by atoms with Crippen LogP contribution < -0.4 is 10.1 Å². The van der Waals surface area contributed by atoms with Crippen LogP contribution in [0.2, 0.25) is 0 Å². The van der Waals surface area contributed by atoms with E-state index >= 15 is 0 Å². The summed E-state index contributed by atoms with van der Waals surface area (Å²) in [6.07, 6.45) is 3.87. The fourth-order valence-corrected chi connectivity index (χ4v) is 3.90. The fourth-order valence-electron chi connectivity index (χ4n) is 3.90. The number of nitro benzene ring substituents is 1. The topological polar surface area (TPSA) is 122 Å². The molecule has 1 aromatic rings. The highest BCUT2D eigenvalue weighted by molar-refractivity contribution is 6.10. The minimum atomic E-state index is -0.873. The number of nitrogens with zero attached hydrogens (tertiary/aromatic N) is 3. The molecule has 1 aromatic carbocycles. The Morgan fingerprint density at radius 2 is 1.96 bits per heavy atom. The van der Waals surface area contributed by atoms with Crippen LogP contribution in [0.4, 0.5) is 16.2 Å². The third-order valence-corrected chi connectivity index (χ3v) is 5.46. The summed E-state index contributed by atoms with van der Waals surface area (Å²) in [6.45, 7) is -0.493. The van der Waals surface area contributed by atoms with Crippen LogP contribution in [-0.2, 0) is 9.59 Å². The summed E-state index contributed by atoms with van der Waals surface area (Å²) in [5, 5.41) is 13.7. The van der Waals surface area contributed by atoms with E-state index in [-0.39, 0.29) is 23.0 Å². The number of hydrogen-bond donors (Lipinski definition) is 1. The molecule has 28 heavy (non-hydrogen) atoms. The molecular weight excluding hydrogens is 368 g/mol. The minimum Gasteiger partial charge on any atom is -0.496 e. The highest BCUT2D eigenvalue weighted by Gasteiger charge is 2.55. The number of nitrogens with one attached hydrogen (secondary N) is 1. The van der Waals surface area contributed by atoms with E-state index in [0.29, 0.717) is 12.8 Å². The monoisotopic (exact) mass is 390 g/mol. The number of rotatable bonds is 5. The van der Waals surface area contributed by atoms with Crippen LogP contribution in [0.15, 0.2) is 18.2 Å². The Bertz CT molecular complexity index is 833. The average Bonchev–Trinajstić information content (AvgIpc) is 2.85. The van der Waals surface area contributed by atoms with Crippen LogP contribution in [0.3, 0.4) is 0 Å². The Balaban J connectivity index is 1.76. The first kappa shape index (κ1) is 19.6. The van der Waals surface area contributed by atoms with Crippen molar-refractivity contribution in [3.8, 4) is 5.75 Å². The van der Waals surface area contributed by atoms with Gasteiger partial charge in [-0.25, -0.2) is 4.79 Å². The van der Waals surface area contributed by atoms with Gasteiger partial charge in [0.25, 0.3) is 11.6 Å². The number of anilines is 1. The van der Waals surface area contributed by atoms with Gasteiger partial charge in [0.15, 0.2) is 0 Å². The first-order chi connectivity index (χ1) is 13.3. The van der Waals surface area contributed by atoms with Gasteiger partial charge in [0, 0.05) is 7.05 Å². The average molecular weight is 390 g/mol. The fraction of sp³-hybridized carbons (Fsp3) is 0.500. The van der Waals surface area contributed by atoms with Crippen molar-refractivity contribution in [2.75, 3.05) is 26.0 Å². The van der Waals surface area contributed by atoms with Crippen molar-refractivity contribution in [1.29, 1.82) is 0 Å². The maximum atomic E-state index is 12.9. The number of urea groups is 1. The molecule has 0 bridgehead atoms. The molecule has 0 aromatic heterocycles. The molecule has 2 fully saturated rings. The van der Waals surface area contributed by atoms with Crippen molar-refractivity contribution in [2.45, 2.75) is 37.6 Å². The lowest BCUT2D eigenvalue weighted by Crippen LogP contribution is -2.49. The zero-order valence-electron chi connectivity index (χ0n) is 15.8. The van der Waals surface area contributed by atoms with Crippen LogP contribution in [0.1, 0.15) is 32.1 Å². The quantitative estimate of drug-likeness (QED) is 0.467. The number of benzene rings is 1. The zero-order valence-corrected chi connectivity index (χ0v) is 15.8. The molecule has 4 amide bonds. The van der Waals surface area contributed by atoms with Gasteiger partial charge in [0.2, 0.25) is 5.91 Å². The lowest BCUT2D eigenvalue weighted by molar-refractivity contribution is -0.384. The van der Waals surface area contributed by atoms with Gasteiger partial charge in [-0.2, -0.15) is 0 Å². The van der Waals surface area contributed by atoms with E-state index in [2.05, 4.69) is 5.32 Å². The van der Waals surface area contributed by atoms with Crippen LogP contribution in [0.5, 0.6) is 5.75 Å². The first-order valence-corrected chi connectivity index (χ1v) is 9.02. The summed E-state index contributed by atoms with van der Waals surface area (Å²) in [7, 11) is 2.96. The molecule has 150 valence electrons. The molecule has 1 saturated carbocycles. The minimum absolute atomic E-state index is 0.0318. The van der Waals surface area contributed by atoms with E-state index in [0.717, 1.165) is 24.2 Å². The van der Waals surface area contributed by atoms with Gasteiger partial charge in [0.1, 0.15) is 23.5 Å². The molecular formula is C18H22N4O6. The molecule has 1 aliphatic carbocycles. The van der Waals surface area contributed by atoms with Crippen molar-refractivity contribution in [3.63, 3.8) is 0 Å². The predicted molar refractivity (Wildman–Crippen MR) is 99.0 cm³/mol. The molecule has 1 spiro atoms. The Kier molecular flexibility index (Phi) is 5.21. The standard InChI is InChI=1S/C18H22N4O6/c1-20-17(25)21(16(24)18(20)8-4-3-5-9-18)11-15(23)19-13-7-6-12(28-2)10-14(13)22(26)27/h6-7,10H,3-5,8-9,11H2,1-2H3,(H,19,23). The van der Waals surface area contributed by atoms with Gasteiger partial charge in [-0.05, 0) is 25.0 Å². The van der Waals surface area contributed by atoms with Crippen molar-refractivity contribution >= 4 is 29.2 Å². The molecule has 10 nitrogen and oxygen atoms in total. The van der Waals surface area contributed by atoms with Crippen molar-refractivity contribution in [2.24, 2.45) is 0 Å². The maximum absolute atomic E-state index is 12.9. The smallest absolute Gasteiger partial charge is 0.327 e. The lowest BCUT2D eigenvalue weighted by Gasteiger charge is -2.35. The van der Waals surface area contributed by atoms with E-state index in [1.165, 1.54) is 30.2 Å². The second kappa shape index (κ2) is 7.45. The number of amides is 4. The summed E-state index contributed by atoms with van der Waals surface area (Å²) in [4.78, 5) is 50.9. The Morgan fingerprint density at radius 1 is 1.29 bits per heavy atom. The van der Waals surface area contributed by atoms with E-state index in [4.69, 9.17) is 4.74 Å². The first-order valence-electron chi connectivity index (χ1n) is 9.02. The SMILES string of the molecule is COc1ccc(NC(=O)CN2C(=O)N(C)C3(CCCCC3)C2=O)c([N+](=O)[O-])c1. The van der Waals surface area contributed by atoms with Crippen LogP contribution in [-0.4, -0.2) is 58.8 Å². The second-order valence-electron chi connectivity index (χ2n) is 7.01. The van der Waals surface area contributed by atoms with Gasteiger partial charge in [-0.3, -0.25) is 24.6 Å². The second-order valence-corrected chi connectivity index (χ2v) is 7.01. The molecule has 1 saturated heterocycles. The van der Waals surface area contributed by atoms with Gasteiger partial charge >= 0.3 is 6.03 Å². The molecule has 0 unspecified atom stereocenters. The van der Waals surface area contributed by atoms with Crippen LogP contribution in [0, 0.1) is 10.1 Å². The van der Waals surface area contributed by atoms with Gasteiger partial charge in [-0.1, -0.05) is 19.3 Å². The van der Waals surface area contributed by atoms with E-state index in [1.807, 2.05) is 0 Å². The van der Waals surface area contributed by atoms with E-state index in [9.17, 15) is 24.5 Å². The third kappa shape index (κ3) is 3.25. The summed E-state index contributed by atoms with van der Waals surface area (Å²) < 4.78 is 4.96. The van der Waals surface area contributed by atoms with Crippen molar-refractivity contribution in [1.82, 2.24) is 9.80 Å². The molecule has 1 heterocycles. The molecule has 0 atom stereocenters. The van der Waals surface area contributed by atoms with Crippen LogP contribution >= 0.6 is 0 Å². The number of nitro groups is 1. The molecule has 1 N–H and O–H groups in total. The predicted octanol–water partition coefficient (Wildman–Crippen LogP) is 2.14. The number of ether oxygens (including phenoxy) is 1. The number of carbonyl (C=O) groups is 3. The third-order valence-electron chi connectivity index (χ3n) is 5.46. The Morgan fingerprint density at radius 3 is 2.57 bits per heavy atom. The summed E-state index contributed by atoms with van der Waals surface area (Å²) >= 11 is 0. The Labute approximate surface area is 161 Å². The Hall–Kier alpha value is -3.17. The maximum Gasteiger partial charge on any atom is 0.327 e. The highest BCUT2D eigenvalue weighted by Crippen LogP contribution is 2.39. The normalized spacial score (nSPS) is 18.5. The van der Waals surface area contributed by atoms with Crippen molar-refractivity contribution in [3.05, 3.63) is 28.3 Å². The van der Waals surface area contributed by atoms with Crippen LogP contribution in [0.25, 0.3) is 0 Å². The molecule has 10 heteroatoms. The zero-order chi connectivity index (χ0) is 20.5. The molecule has 3 rings (SSSR count). The number of likely N-dealkylation sites (N-methyl/N-ethyl adjacent to an activating group) is 1. The van der Waals surface area contributed by atoms with Crippen molar-refractivity contribution < 1.29 is 24.0 Å². The molecule has 0 radical (unpaired) electrons. The van der Waals surface area contributed by atoms with Gasteiger partial charge < -0.3 is 15.0 Å². The summed E-state index contributed by atoms with van der Waals surface area (Å²) in [5.74, 6) is -0.786. The largest absolute Gasteiger partial charge is 0.496 e. The van der Waals surface area contributed by atoms with E-state index < -0.39 is 28.9 Å². The summed E-state index contributed by atoms with van der Waals surface area (Å²) in [5.41, 5.74) is -1.25. The number of carbonyl (C=O) groups excluding carboxylic acids is 3. The number of methoxy groups -OCH3 is 1. The highest BCUT2D eigenvalue weighted by atomic mass is 16.6. The van der Waals surface area contributed by atoms with Gasteiger partial charge in [-0.15, -0.1) is 0 Å². The lowest BCUT2D eigenvalue weighted by atomic mass is 9.81. The summed E-state index contributed by atoms with van der Waals surface area (Å²) in [6, 6.07) is 3.48. The van der Waals surface area contributed by atoms with E-state index in [1.54, 1.807) is 7.05 Å². The number of imide groups is 1. The molecule has 1 aliphatic heterocycles.